The van der Waals surface area contributed by atoms with Gasteiger partial charge in [0, 0.05) is 29.7 Å². The van der Waals surface area contributed by atoms with Crippen molar-refractivity contribution in [3.8, 4) is 0 Å². The minimum Gasteiger partial charge on any atom is -0.398 e. The summed E-state index contributed by atoms with van der Waals surface area (Å²) in [6.07, 6.45) is 4.67. The highest BCUT2D eigenvalue weighted by Gasteiger charge is 2.49. The summed E-state index contributed by atoms with van der Waals surface area (Å²) in [6.45, 7) is 4.48. The number of nitrogen functional groups attached to an aromatic ring is 1. The van der Waals surface area contributed by atoms with E-state index >= 15 is 0 Å². The van der Waals surface area contributed by atoms with Crippen LogP contribution >= 0.6 is 0 Å². The van der Waals surface area contributed by atoms with Gasteiger partial charge in [-0.3, -0.25) is 4.98 Å². The normalized spacial score (nSPS) is 25.8. The predicted molar refractivity (Wildman–Crippen MR) is 57.5 cm³/mol. The third kappa shape index (κ3) is 1.48. The molecule has 2 unspecified atom stereocenters. The molecule has 2 atom stereocenters. The van der Waals surface area contributed by atoms with Gasteiger partial charge >= 0.3 is 0 Å². The molecule has 0 saturated heterocycles. The molecule has 1 aromatic rings. The van der Waals surface area contributed by atoms with Gasteiger partial charge in [0.25, 0.3) is 0 Å². The Balaban J connectivity index is 2.21. The molecule has 0 amide bonds. The lowest BCUT2D eigenvalue weighted by Gasteiger charge is -2.15. The Morgan fingerprint density at radius 2 is 2.21 bits per heavy atom. The van der Waals surface area contributed by atoms with Crippen LogP contribution in [0.1, 0.15) is 31.9 Å². The molecule has 4 N–H and O–H groups in total. The van der Waals surface area contributed by atoms with Crippen LogP contribution in [-0.4, -0.2) is 4.98 Å². The summed E-state index contributed by atoms with van der Waals surface area (Å²) in [4.78, 5) is 4.06. The number of pyridine rings is 1. The largest absolute Gasteiger partial charge is 0.398 e. The van der Waals surface area contributed by atoms with Crippen LogP contribution in [-0.2, 0) is 0 Å². The average Bonchev–Trinajstić information content (AvgIpc) is 2.75. The van der Waals surface area contributed by atoms with Gasteiger partial charge in [-0.25, -0.2) is 0 Å². The van der Waals surface area contributed by atoms with E-state index in [4.69, 9.17) is 11.5 Å². The predicted octanol–water partition coefficient (Wildman–Crippen LogP) is 1.71. The summed E-state index contributed by atoms with van der Waals surface area (Å²) in [6, 6.07) is 1.85. The van der Waals surface area contributed by atoms with Gasteiger partial charge in [0.2, 0.25) is 0 Å². The molecule has 0 spiro atoms. The number of anilines is 1. The minimum absolute atomic E-state index is 0.0405. The summed E-state index contributed by atoms with van der Waals surface area (Å²) >= 11 is 0. The molecule has 1 fully saturated rings. The quantitative estimate of drug-likeness (QED) is 0.748. The summed E-state index contributed by atoms with van der Waals surface area (Å²) in [7, 11) is 0. The average molecular weight is 191 g/mol. The molecule has 1 aliphatic carbocycles. The molecule has 0 radical (unpaired) electrons. The van der Waals surface area contributed by atoms with Crippen molar-refractivity contribution in [1.29, 1.82) is 0 Å². The van der Waals surface area contributed by atoms with E-state index in [1.165, 1.54) is 6.42 Å². The maximum atomic E-state index is 6.16. The Morgan fingerprint density at radius 3 is 2.71 bits per heavy atom. The Labute approximate surface area is 84.5 Å². The fraction of sp³-hybridized carbons (Fsp3) is 0.545. The van der Waals surface area contributed by atoms with Gasteiger partial charge in [-0.15, -0.1) is 0 Å². The van der Waals surface area contributed by atoms with Crippen LogP contribution in [0.2, 0.25) is 0 Å². The van der Waals surface area contributed by atoms with Gasteiger partial charge in [0.15, 0.2) is 0 Å². The second-order valence-corrected chi connectivity index (χ2v) is 4.83. The van der Waals surface area contributed by atoms with E-state index in [-0.39, 0.29) is 6.04 Å². The molecule has 0 aliphatic heterocycles. The molecule has 1 heterocycles. The third-order valence-corrected chi connectivity index (χ3v) is 3.27. The highest BCUT2D eigenvalue weighted by Crippen LogP contribution is 2.57. The SMILES string of the molecule is CC1(C)CC1C(N)c1cnccc1N. The first-order valence-electron chi connectivity index (χ1n) is 4.97. The molecule has 2 rings (SSSR count). The molecule has 0 aromatic carbocycles. The molecule has 3 heteroatoms. The molecular weight excluding hydrogens is 174 g/mol. The van der Waals surface area contributed by atoms with Crippen molar-refractivity contribution in [2.24, 2.45) is 17.1 Å². The van der Waals surface area contributed by atoms with E-state index in [9.17, 15) is 0 Å². The first-order valence-corrected chi connectivity index (χ1v) is 4.97. The second kappa shape index (κ2) is 2.95. The van der Waals surface area contributed by atoms with Crippen molar-refractivity contribution in [3.63, 3.8) is 0 Å². The summed E-state index contributed by atoms with van der Waals surface area (Å²) in [5, 5.41) is 0. The minimum atomic E-state index is 0.0405. The van der Waals surface area contributed by atoms with Gasteiger partial charge in [-0.2, -0.15) is 0 Å². The molecule has 76 valence electrons. The van der Waals surface area contributed by atoms with Crippen LogP contribution < -0.4 is 11.5 Å². The Hall–Kier alpha value is -1.09. The maximum Gasteiger partial charge on any atom is 0.0393 e. The number of aromatic nitrogens is 1. The zero-order valence-corrected chi connectivity index (χ0v) is 8.70. The smallest absolute Gasteiger partial charge is 0.0393 e. The lowest BCUT2D eigenvalue weighted by Crippen LogP contribution is -2.17. The van der Waals surface area contributed by atoms with E-state index in [2.05, 4.69) is 18.8 Å². The van der Waals surface area contributed by atoms with Gasteiger partial charge < -0.3 is 11.5 Å². The molecule has 1 saturated carbocycles. The maximum absolute atomic E-state index is 6.16. The first kappa shape index (κ1) is 9.46. The van der Waals surface area contributed by atoms with Crippen molar-refractivity contribution in [2.75, 3.05) is 5.73 Å². The standard InChI is InChI=1S/C11H17N3/c1-11(2)5-8(11)10(13)7-6-14-4-3-9(7)12/h3-4,6,8,10H,5,13H2,1-2H3,(H2,12,14). The fourth-order valence-electron chi connectivity index (χ4n) is 2.03. The van der Waals surface area contributed by atoms with Crippen LogP contribution in [0.25, 0.3) is 0 Å². The first-order chi connectivity index (χ1) is 6.52. The number of nitrogens with two attached hydrogens (primary N) is 2. The van der Waals surface area contributed by atoms with Gasteiger partial charge in [0.1, 0.15) is 0 Å². The molecule has 0 bridgehead atoms. The third-order valence-electron chi connectivity index (χ3n) is 3.27. The monoisotopic (exact) mass is 191 g/mol. The van der Waals surface area contributed by atoms with Crippen LogP contribution in [0.4, 0.5) is 5.69 Å². The van der Waals surface area contributed by atoms with Gasteiger partial charge in [-0.05, 0) is 23.8 Å². The fourth-order valence-corrected chi connectivity index (χ4v) is 2.03. The number of nitrogens with zero attached hydrogens (tertiary/aromatic N) is 1. The topological polar surface area (TPSA) is 64.9 Å². The van der Waals surface area contributed by atoms with Crippen LogP contribution in [0.3, 0.4) is 0 Å². The van der Waals surface area contributed by atoms with Crippen molar-refractivity contribution in [2.45, 2.75) is 26.3 Å². The van der Waals surface area contributed by atoms with Gasteiger partial charge in [0.05, 0.1) is 0 Å². The molecule has 3 nitrogen and oxygen atoms in total. The van der Waals surface area contributed by atoms with Gasteiger partial charge in [-0.1, -0.05) is 13.8 Å². The van der Waals surface area contributed by atoms with E-state index in [0.717, 1.165) is 11.3 Å². The van der Waals surface area contributed by atoms with Crippen molar-refractivity contribution in [1.82, 2.24) is 4.98 Å². The van der Waals surface area contributed by atoms with E-state index in [0.29, 0.717) is 11.3 Å². The number of hydrogen-bond acceptors (Lipinski definition) is 3. The van der Waals surface area contributed by atoms with Crippen molar-refractivity contribution >= 4 is 5.69 Å². The van der Waals surface area contributed by atoms with E-state index < -0.39 is 0 Å². The summed E-state index contributed by atoms with van der Waals surface area (Å²) < 4.78 is 0. The van der Waals surface area contributed by atoms with Crippen LogP contribution in [0.5, 0.6) is 0 Å². The summed E-state index contributed by atoms with van der Waals surface area (Å²) in [5.74, 6) is 0.550. The second-order valence-electron chi connectivity index (χ2n) is 4.83. The van der Waals surface area contributed by atoms with Crippen LogP contribution in [0, 0.1) is 11.3 Å². The highest BCUT2D eigenvalue weighted by molar-refractivity contribution is 5.46. The number of hydrogen-bond donors (Lipinski definition) is 2. The molecule has 1 aromatic heterocycles. The van der Waals surface area contributed by atoms with E-state index in [1.807, 2.05) is 6.07 Å². The lowest BCUT2D eigenvalue weighted by molar-refractivity contribution is 0.491. The van der Waals surface area contributed by atoms with Crippen LogP contribution in [0.15, 0.2) is 18.5 Å². The Bertz CT molecular complexity index is 346. The van der Waals surface area contributed by atoms with E-state index in [1.54, 1.807) is 12.4 Å². The molecular formula is C11H17N3. The molecule has 14 heavy (non-hydrogen) atoms. The van der Waals surface area contributed by atoms with Crippen molar-refractivity contribution < 1.29 is 0 Å². The number of rotatable bonds is 2. The Morgan fingerprint density at radius 1 is 1.57 bits per heavy atom. The lowest BCUT2D eigenvalue weighted by atomic mass is 9.98. The zero-order chi connectivity index (χ0) is 10.3. The Kier molecular flexibility index (Phi) is 2.00. The molecule has 1 aliphatic rings. The highest BCUT2D eigenvalue weighted by atomic mass is 14.8. The van der Waals surface area contributed by atoms with Crippen molar-refractivity contribution in [3.05, 3.63) is 24.0 Å². The zero-order valence-electron chi connectivity index (χ0n) is 8.70. The summed E-state index contributed by atoms with van der Waals surface area (Å²) in [5.41, 5.74) is 14.1.